The van der Waals surface area contributed by atoms with Gasteiger partial charge in [0.05, 0.1) is 24.5 Å². The lowest BCUT2D eigenvalue weighted by atomic mass is 9.93. The molecule has 6 heteroatoms. The maximum atomic E-state index is 12.1. The Labute approximate surface area is 103 Å². The Morgan fingerprint density at radius 3 is 2.82 bits per heavy atom. The molecule has 1 N–H and O–H groups in total. The lowest BCUT2D eigenvalue weighted by Gasteiger charge is -2.37. The fourth-order valence-corrected chi connectivity index (χ4v) is 4.12. The molecule has 98 valence electrons. The van der Waals surface area contributed by atoms with Gasteiger partial charge in [-0.05, 0) is 25.2 Å². The molecular weight excluding hydrogens is 240 g/mol. The summed E-state index contributed by atoms with van der Waals surface area (Å²) in [7, 11) is -3.33. The lowest BCUT2D eigenvalue weighted by molar-refractivity contribution is 0.113. The van der Waals surface area contributed by atoms with Gasteiger partial charge >= 0.3 is 0 Å². The van der Waals surface area contributed by atoms with Crippen LogP contribution in [0.1, 0.15) is 32.6 Å². The van der Waals surface area contributed by atoms with Gasteiger partial charge in [0.15, 0.2) is 0 Å². The fourth-order valence-electron chi connectivity index (χ4n) is 2.28. The third kappa shape index (κ3) is 3.66. The number of nitriles is 1. The molecule has 1 heterocycles. The first-order valence-corrected chi connectivity index (χ1v) is 7.61. The number of sulfonamides is 1. The Bertz CT molecular complexity index is 375. The van der Waals surface area contributed by atoms with E-state index in [0.717, 1.165) is 12.8 Å². The van der Waals surface area contributed by atoms with Gasteiger partial charge in [0.2, 0.25) is 10.0 Å². The summed E-state index contributed by atoms with van der Waals surface area (Å²) in [6, 6.07) is 1.65. The van der Waals surface area contributed by atoms with Gasteiger partial charge in [-0.15, -0.1) is 0 Å². The number of aliphatic hydroxyl groups excluding tert-OH is 1. The summed E-state index contributed by atoms with van der Waals surface area (Å²) in [5, 5.41) is 17.7. The maximum absolute atomic E-state index is 12.1. The summed E-state index contributed by atoms with van der Waals surface area (Å²) >= 11 is 0. The molecule has 1 saturated heterocycles. The van der Waals surface area contributed by atoms with Gasteiger partial charge in [-0.2, -0.15) is 9.57 Å². The van der Waals surface area contributed by atoms with Crippen LogP contribution in [0.5, 0.6) is 0 Å². The van der Waals surface area contributed by atoms with Crippen molar-refractivity contribution in [2.75, 3.05) is 18.9 Å². The summed E-state index contributed by atoms with van der Waals surface area (Å²) < 4.78 is 25.6. The van der Waals surface area contributed by atoms with E-state index in [1.807, 2.05) is 13.0 Å². The predicted octanol–water partition coefficient (Wildman–Crippen LogP) is 0.713. The Morgan fingerprint density at radius 1 is 1.53 bits per heavy atom. The van der Waals surface area contributed by atoms with Gasteiger partial charge in [-0.3, -0.25) is 0 Å². The highest BCUT2D eigenvalue weighted by Crippen LogP contribution is 2.26. The van der Waals surface area contributed by atoms with Crippen LogP contribution >= 0.6 is 0 Å². The summed E-state index contributed by atoms with van der Waals surface area (Å²) in [6.07, 6.45) is 2.42. The predicted molar refractivity (Wildman–Crippen MR) is 64.6 cm³/mol. The summed E-state index contributed by atoms with van der Waals surface area (Å²) in [4.78, 5) is 0. The monoisotopic (exact) mass is 260 g/mol. The van der Waals surface area contributed by atoms with Crippen LogP contribution < -0.4 is 0 Å². The minimum atomic E-state index is -3.33. The van der Waals surface area contributed by atoms with Crippen molar-refractivity contribution >= 4 is 10.0 Å². The van der Waals surface area contributed by atoms with Gasteiger partial charge in [0.25, 0.3) is 0 Å². The molecule has 5 nitrogen and oxygen atoms in total. The van der Waals surface area contributed by atoms with Gasteiger partial charge < -0.3 is 5.11 Å². The normalized spacial score (nSPS) is 26.6. The highest BCUT2D eigenvalue weighted by atomic mass is 32.2. The van der Waals surface area contributed by atoms with E-state index in [2.05, 4.69) is 0 Å². The van der Waals surface area contributed by atoms with Crippen LogP contribution in [0.2, 0.25) is 0 Å². The van der Waals surface area contributed by atoms with Crippen molar-refractivity contribution in [3.8, 4) is 6.07 Å². The van der Waals surface area contributed by atoms with Crippen molar-refractivity contribution in [2.24, 2.45) is 5.92 Å². The van der Waals surface area contributed by atoms with Crippen molar-refractivity contribution < 1.29 is 13.5 Å². The largest absolute Gasteiger partial charge is 0.395 e. The maximum Gasteiger partial charge on any atom is 0.214 e. The first-order valence-electron chi connectivity index (χ1n) is 6.00. The molecule has 0 amide bonds. The highest BCUT2D eigenvalue weighted by Gasteiger charge is 2.35. The topological polar surface area (TPSA) is 81.4 Å². The molecule has 0 aromatic rings. The van der Waals surface area contributed by atoms with E-state index in [-0.39, 0.29) is 30.7 Å². The molecule has 1 rings (SSSR count). The molecule has 17 heavy (non-hydrogen) atoms. The zero-order valence-corrected chi connectivity index (χ0v) is 11.0. The van der Waals surface area contributed by atoms with Crippen molar-refractivity contribution in [1.29, 1.82) is 5.26 Å². The van der Waals surface area contributed by atoms with Crippen LogP contribution in [0.15, 0.2) is 0 Å². The standard InChI is InChI=1S/C11H20N2O3S/c1-10-5-4-7-13(11(10)9-14)17(15,16)8-3-2-6-12/h10-11,14H,2-5,7-9H2,1H3. The van der Waals surface area contributed by atoms with Crippen LogP contribution in [0.4, 0.5) is 0 Å². The smallest absolute Gasteiger partial charge is 0.214 e. The summed E-state index contributed by atoms with van der Waals surface area (Å²) in [5.74, 6) is 0.198. The minimum absolute atomic E-state index is 0.00375. The van der Waals surface area contributed by atoms with E-state index in [0.29, 0.717) is 13.0 Å². The van der Waals surface area contributed by atoms with Crippen LogP contribution in [0.25, 0.3) is 0 Å². The zero-order chi connectivity index (χ0) is 12.9. The molecule has 0 aromatic heterocycles. The Kier molecular flexibility index (Phi) is 5.37. The van der Waals surface area contributed by atoms with Gasteiger partial charge in [0, 0.05) is 13.0 Å². The Balaban J connectivity index is 2.71. The van der Waals surface area contributed by atoms with E-state index in [1.54, 1.807) is 0 Å². The second-order valence-electron chi connectivity index (χ2n) is 4.56. The van der Waals surface area contributed by atoms with Crippen molar-refractivity contribution in [1.82, 2.24) is 4.31 Å². The lowest BCUT2D eigenvalue weighted by Crippen LogP contribution is -2.50. The van der Waals surface area contributed by atoms with Crippen LogP contribution in [0.3, 0.4) is 0 Å². The molecule has 1 aliphatic heterocycles. The number of unbranched alkanes of at least 4 members (excludes halogenated alkanes) is 1. The second-order valence-corrected chi connectivity index (χ2v) is 6.60. The molecule has 2 atom stereocenters. The molecule has 0 aliphatic carbocycles. The number of aliphatic hydroxyl groups is 1. The minimum Gasteiger partial charge on any atom is -0.395 e. The van der Waals surface area contributed by atoms with E-state index in [1.165, 1.54) is 4.31 Å². The number of hydrogen-bond donors (Lipinski definition) is 1. The van der Waals surface area contributed by atoms with E-state index >= 15 is 0 Å². The third-order valence-corrected chi connectivity index (χ3v) is 5.27. The molecule has 1 aliphatic rings. The summed E-state index contributed by atoms with van der Waals surface area (Å²) in [5.41, 5.74) is 0. The average Bonchev–Trinajstić information content (AvgIpc) is 2.29. The van der Waals surface area contributed by atoms with Gasteiger partial charge in [0.1, 0.15) is 0 Å². The number of piperidine rings is 1. The highest BCUT2D eigenvalue weighted by molar-refractivity contribution is 7.89. The Morgan fingerprint density at radius 2 is 2.24 bits per heavy atom. The quantitative estimate of drug-likeness (QED) is 0.738. The SMILES string of the molecule is CC1CCCN(S(=O)(=O)CCCC#N)C1CO. The molecule has 1 fully saturated rings. The van der Waals surface area contributed by atoms with Gasteiger partial charge in [-0.1, -0.05) is 6.92 Å². The molecule has 0 radical (unpaired) electrons. The molecule has 0 bridgehead atoms. The fraction of sp³-hybridized carbons (Fsp3) is 0.909. The first kappa shape index (κ1) is 14.4. The molecule has 2 unspecified atom stereocenters. The van der Waals surface area contributed by atoms with Crippen LogP contribution in [-0.4, -0.2) is 42.8 Å². The van der Waals surface area contributed by atoms with Crippen molar-refractivity contribution in [2.45, 2.75) is 38.6 Å². The molecule has 0 saturated carbocycles. The second kappa shape index (κ2) is 6.34. The van der Waals surface area contributed by atoms with Crippen LogP contribution in [0, 0.1) is 17.2 Å². The zero-order valence-electron chi connectivity index (χ0n) is 10.2. The number of hydrogen-bond acceptors (Lipinski definition) is 4. The first-order chi connectivity index (χ1) is 8.03. The van der Waals surface area contributed by atoms with E-state index in [9.17, 15) is 13.5 Å². The molecule has 0 aromatic carbocycles. The van der Waals surface area contributed by atoms with E-state index < -0.39 is 10.0 Å². The molecule has 0 spiro atoms. The average molecular weight is 260 g/mol. The summed E-state index contributed by atoms with van der Waals surface area (Å²) in [6.45, 7) is 2.33. The van der Waals surface area contributed by atoms with Crippen molar-refractivity contribution in [3.63, 3.8) is 0 Å². The Hall–Kier alpha value is -0.640. The van der Waals surface area contributed by atoms with Crippen molar-refractivity contribution in [3.05, 3.63) is 0 Å². The van der Waals surface area contributed by atoms with Gasteiger partial charge in [-0.25, -0.2) is 8.42 Å². The third-order valence-electron chi connectivity index (χ3n) is 3.30. The molecular formula is C11H20N2O3S. The van der Waals surface area contributed by atoms with E-state index in [4.69, 9.17) is 5.26 Å². The number of nitrogens with zero attached hydrogens (tertiary/aromatic N) is 2. The van der Waals surface area contributed by atoms with Crippen LogP contribution in [-0.2, 0) is 10.0 Å². The number of rotatable bonds is 5.